The maximum Gasteiger partial charge on any atom is 0.319 e. The van der Waals surface area contributed by atoms with Crippen molar-refractivity contribution in [2.24, 2.45) is 0 Å². The van der Waals surface area contributed by atoms with Gasteiger partial charge in [0.1, 0.15) is 5.75 Å². The van der Waals surface area contributed by atoms with E-state index in [9.17, 15) is 4.79 Å². The third kappa shape index (κ3) is 3.65. The molecule has 104 valence electrons. The van der Waals surface area contributed by atoms with Gasteiger partial charge in [0.25, 0.3) is 0 Å². The number of nitrogens with two attached hydrogens (primary N) is 1. The number of methoxy groups -OCH3 is 1. The molecular formula is C15H17N3O2. The lowest BCUT2D eigenvalue weighted by Crippen LogP contribution is -2.28. The predicted octanol–water partition coefficient (Wildman–Crippen LogP) is 2.60. The van der Waals surface area contributed by atoms with Crippen molar-refractivity contribution in [3.63, 3.8) is 0 Å². The average molecular weight is 271 g/mol. The molecule has 0 aromatic heterocycles. The highest BCUT2D eigenvalue weighted by Crippen LogP contribution is 2.20. The lowest BCUT2D eigenvalue weighted by Gasteiger charge is -2.11. The molecule has 5 nitrogen and oxygen atoms in total. The van der Waals surface area contributed by atoms with Crippen molar-refractivity contribution in [1.29, 1.82) is 0 Å². The first kappa shape index (κ1) is 13.7. The minimum absolute atomic E-state index is 0.277. The molecule has 0 saturated heterocycles. The number of carbonyl (C=O) groups is 1. The highest BCUT2D eigenvalue weighted by atomic mass is 16.5. The number of nitrogen functional groups attached to an aromatic ring is 1. The van der Waals surface area contributed by atoms with Gasteiger partial charge in [0.2, 0.25) is 0 Å². The number of carbonyl (C=O) groups excluding carboxylic acids is 1. The SMILES string of the molecule is COc1ccc(N)cc1CNC(=O)Nc1ccccc1. The Labute approximate surface area is 117 Å². The summed E-state index contributed by atoms with van der Waals surface area (Å²) in [7, 11) is 1.58. The van der Waals surface area contributed by atoms with E-state index in [1.165, 1.54) is 0 Å². The molecule has 0 aliphatic carbocycles. The fourth-order valence-corrected chi connectivity index (χ4v) is 1.81. The zero-order valence-corrected chi connectivity index (χ0v) is 11.2. The normalized spacial score (nSPS) is 9.85. The minimum atomic E-state index is -0.277. The molecule has 0 radical (unpaired) electrons. The van der Waals surface area contributed by atoms with Crippen molar-refractivity contribution in [3.8, 4) is 5.75 Å². The van der Waals surface area contributed by atoms with Crippen LogP contribution in [0.5, 0.6) is 5.75 Å². The van der Waals surface area contributed by atoms with E-state index >= 15 is 0 Å². The van der Waals surface area contributed by atoms with E-state index in [2.05, 4.69) is 10.6 Å². The van der Waals surface area contributed by atoms with Crippen LogP contribution < -0.4 is 21.1 Å². The highest BCUT2D eigenvalue weighted by Gasteiger charge is 2.06. The number of rotatable bonds is 4. The van der Waals surface area contributed by atoms with E-state index in [0.29, 0.717) is 18.0 Å². The quantitative estimate of drug-likeness (QED) is 0.748. The summed E-state index contributed by atoms with van der Waals surface area (Å²) in [5.41, 5.74) is 7.93. The van der Waals surface area contributed by atoms with Gasteiger partial charge >= 0.3 is 6.03 Å². The number of amides is 2. The number of urea groups is 1. The van der Waals surface area contributed by atoms with Crippen molar-refractivity contribution in [2.75, 3.05) is 18.2 Å². The van der Waals surface area contributed by atoms with Crippen molar-refractivity contribution >= 4 is 17.4 Å². The first-order chi connectivity index (χ1) is 9.69. The van der Waals surface area contributed by atoms with E-state index < -0.39 is 0 Å². The average Bonchev–Trinajstić information content (AvgIpc) is 2.46. The van der Waals surface area contributed by atoms with Crippen LogP contribution in [0.25, 0.3) is 0 Å². The Kier molecular flexibility index (Phi) is 4.44. The molecule has 0 fully saturated rings. The van der Waals surface area contributed by atoms with Crippen molar-refractivity contribution in [1.82, 2.24) is 5.32 Å². The Morgan fingerprint density at radius 3 is 2.65 bits per heavy atom. The molecule has 2 aromatic rings. The van der Waals surface area contributed by atoms with Gasteiger partial charge in [-0.05, 0) is 30.3 Å². The summed E-state index contributed by atoms with van der Waals surface area (Å²) in [6.45, 7) is 0.340. The summed E-state index contributed by atoms with van der Waals surface area (Å²) in [5, 5.41) is 5.51. The van der Waals surface area contributed by atoms with Crippen LogP contribution in [0.3, 0.4) is 0 Å². The summed E-state index contributed by atoms with van der Waals surface area (Å²) in [6, 6.07) is 14.3. The van der Waals surface area contributed by atoms with Crippen LogP contribution >= 0.6 is 0 Å². The number of hydrogen-bond acceptors (Lipinski definition) is 3. The summed E-state index contributed by atoms with van der Waals surface area (Å²) in [4.78, 5) is 11.8. The molecule has 0 heterocycles. The maximum absolute atomic E-state index is 11.8. The van der Waals surface area contributed by atoms with E-state index in [4.69, 9.17) is 10.5 Å². The summed E-state index contributed by atoms with van der Waals surface area (Å²) in [5.74, 6) is 0.694. The largest absolute Gasteiger partial charge is 0.496 e. The van der Waals surface area contributed by atoms with Crippen LogP contribution in [-0.2, 0) is 6.54 Å². The fraction of sp³-hybridized carbons (Fsp3) is 0.133. The van der Waals surface area contributed by atoms with Gasteiger partial charge in [-0.1, -0.05) is 18.2 Å². The molecule has 0 saturated carbocycles. The molecule has 2 rings (SSSR count). The second kappa shape index (κ2) is 6.47. The third-order valence-corrected chi connectivity index (χ3v) is 2.78. The lowest BCUT2D eigenvalue weighted by atomic mass is 10.2. The van der Waals surface area contributed by atoms with Gasteiger partial charge in [0.05, 0.1) is 7.11 Å². The van der Waals surface area contributed by atoms with E-state index in [0.717, 1.165) is 11.3 Å². The molecule has 0 unspecified atom stereocenters. The number of benzene rings is 2. The van der Waals surface area contributed by atoms with Gasteiger partial charge in [-0.25, -0.2) is 4.79 Å². The minimum Gasteiger partial charge on any atom is -0.496 e. The molecule has 0 aliphatic rings. The Morgan fingerprint density at radius 2 is 1.95 bits per heavy atom. The van der Waals surface area contributed by atoms with Gasteiger partial charge < -0.3 is 21.1 Å². The molecular weight excluding hydrogens is 254 g/mol. The number of anilines is 2. The van der Waals surface area contributed by atoms with Gasteiger partial charge in [-0.3, -0.25) is 0 Å². The predicted molar refractivity (Wildman–Crippen MR) is 79.7 cm³/mol. The third-order valence-electron chi connectivity index (χ3n) is 2.78. The second-order valence-corrected chi connectivity index (χ2v) is 4.24. The number of ether oxygens (including phenoxy) is 1. The smallest absolute Gasteiger partial charge is 0.319 e. The van der Waals surface area contributed by atoms with Crippen LogP contribution in [0.2, 0.25) is 0 Å². The van der Waals surface area contributed by atoms with Crippen LogP contribution in [0.4, 0.5) is 16.2 Å². The Bertz CT molecular complexity index is 585. The molecule has 4 N–H and O–H groups in total. The van der Waals surface area contributed by atoms with E-state index in [-0.39, 0.29) is 6.03 Å². The van der Waals surface area contributed by atoms with Gasteiger partial charge in [0, 0.05) is 23.5 Å². The number of para-hydroxylation sites is 1. The second-order valence-electron chi connectivity index (χ2n) is 4.24. The van der Waals surface area contributed by atoms with Crippen molar-refractivity contribution in [2.45, 2.75) is 6.54 Å². The lowest BCUT2D eigenvalue weighted by molar-refractivity contribution is 0.251. The van der Waals surface area contributed by atoms with Crippen LogP contribution in [0.1, 0.15) is 5.56 Å². The Balaban J connectivity index is 1.95. The standard InChI is InChI=1S/C15H17N3O2/c1-20-14-8-7-12(16)9-11(14)10-17-15(19)18-13-5-3-2-4-6-13/h2-9H,10,16H2,1H3,(H2,17,18,19). The number of nitrogens with one attached hydrogen (secondary N) is 2. The maximum atomic E-state index is 11.8. The molecule has 2 amide bonds. The Morgan fingerprint density at radius 1 is 1.20 bits per heavy atom. The first-order valence-corrected chi connectivity index (χ1v) is 6.21. The molecule has 0 atom stereocenters. The van der Waals surface area contributed by atoms with Crippen molar-refractivity contribution in [3.05, 3.63) is 54.1 Å². The monoisotopic (exact) mass is 271 g/mol. The molecule has 20 heavy (non-hydrogen) atoms. The fourth-order valence-electron chi connectivity index (χ4n) is 1.81. The summed E-state index contributed by atoms with van der Waals surface area (Å²) < 4.78 is 5.22. The molecule has 5 heteroatoms. The first-order valence-electron chi connectivity index (χ1n) is 6.21. The number of hydrogen-bond donors (Lipinski definition) is 3. The van der Waals surface area contributed by atoms with Crippen LogP contribution in [0.15, 0.2) is 48.5 Å². The highest BCUT2D eigenvalue weighted by molar-refractivity contribution is 5.89. The topological polar surface area (TPSA) is 76.4 Å². The van der Waals surface area contributed by atoms with Gasteiger partial charge in [-0.15, -0.1) is 0 Å². The molecule has 0 spiro atoms. The summed E-state index contributed by atoms with van der Waals surface area (Å²) >= 11 is 0. The molecule has 0 bridgehead atoms. The van der Waals surface area contributed by atoms with Gasteiger partial charge in [-0.2, -0.15) is 0 Å². The van der Waals surface area contributed by atoms with Gasteiger partial charge in [0.15, 0.2) is 0 Å². The van der Waals surface area contributed by atoms with E-state index in [1.807, 2.05) is 30.3 Å². The molecule has 2 aromatic carbocycles. The Hall–Kier alpha value is -2.69. The summed E-state index contributed by atoms with van der Waals surface area (Å²) in [6.07, 6.45) is 0. The van der Waals surface area contributed by atoms with E-state index in [1.54, 1.807) is 25.3 Å². The van der Waals surface area contributed by atoms with Crippen LogP contribution in [-0.4, -0.2) is 13.1 Å². The molecule has 0 aliphatic heterocycles. The zero-order chi connectivity index (χ0) is 14.4. The van der Waals surface area contributed by atoms with Crippen molar-refractivity contribution < 1.29 is 9.53 Å². The zero-order valence-electron chi connectivity index (χ0n) is 11.2. The van der Waals surface area contributed by atoms with Crippen LogP contribution in [0, 0.1) is 0 Å².